The Morgan fingerprint density at radius 2 is 2.00 bits per heavy atom. The van der Waals surface area contributed by atoms with Crippen LogP contribution in [0, 0.1) is 0 Å². The zero-order valence-corrected chi connectivity index (χ0v) is 10.1. The summed E-state index contributed by atoms with van der Waals surface area (Å²) in [4.78, 5) is 12.3. The predicted molar refractivity (Wildman–Crippen MR) is 64.6 cm³/mol. The quantitative estimate of drug-likeness (QED) is 0.882. The number of ether oxygens (including phenoxy) is 2. The second-order valence-electron chi connectivity index (χ2n) is 5.40. The molecule has 4 nitrogen and oxygen atoms in total. The molecule has 2 fully saturated rings. The maximum atomic E-state index is 12.3. The molecule has 3 aliphatic rings. The summed E-state index contributed by atoms with van der Waals surface area (Å²) in [6.45, 7) is 0.278. The number of carbonyl (C=O) groups excluding carboxylic acids is 1. The van der Waals surface area contributed by atoms with Crippen molar-refractivity contribution in [2.45, 2.75) is 37.1 Å². The summed E-state index contributed by atoms with van der Waals surface area (Å²) in [6.07, 6.45) is 4.13. The molecule has 18 heavy (non-hydrogen) atoms. The molecule has 4 heteroatoms. The minimum atomic E-state index is -0.302. The van der Waals surface area contributed by atoms with Gasteiger partial charge in [-0.3, -0.25) is 4.79 Å². The number of fused-ring (bicyclic) bond motifs is 1. The highest BCUT2D eigenvalue weighted by molar-refractivity contribution is 5.91. The van der Waals surface area contributed by atoms with Crippen molar-refractivity contribution in [2.75, 3.05) is 6.79 Å². The van der Waals surface area contributed by atoms with E-state index in [1.54, 1.807) is 0 Å². The second kappa shape index (κ2) is 3.40. The highest BCUT2D eigenvalue weighted by Gasteiger charge is 2.52. The van der Waals surface area contributed by atoms with E-state index < -0.39 is 0 Å². The van der Waals surface area contributed by atoms with Gasteiger partial charge < -0.3 is 14.8 Å². The number of amides is 1. The third-order valence-corrected chi connectivity index (χ3v) is 4.02. The number of rotatable bonds is 3. The highest BCUT2D eigenvalue weighted by atomic mass is 16.7. The fraction of sp³-hybridized carbons (Fsp3) is 0.500. The third-order valence-electron chi connectivity index (χ3n) is 4.02. The first kappa shape index (κ1) is 10.2. The maximum Gasteiger partial charge on any atom is 0.231 e. The minimum Gasteiger partial charge on any atom is -0.454 e. The average molecular weight is 245 g/mol. The normalized spacial score (nSPS) is 22.7. The number of benzene rings is 1. The molecule has 0 radical (unpaired) electrons. The van der Waals surface area contributed by atoms with Crippen LogP contribution in [0.15, 0.2) is 18.2 Å². The Labute approximate surface area is 105 Å². The fourth-order valence-corrected chi connectivity index (χ4v) is 2.52. The van der Waals surface area contributed by atoms with Crippen LogP contribution in [0.5, 0.6) is 11.5 Å². The average Bonchev–Trinajstić information content (AvgIpc) is 3.28. The molecule has 2 aliphatic carbocycles. The van der Waals surface area contributed by atoms with Gasteiger partial charge in [0.2, 0.25) is 12.7 Å². The predicted octanol–water partition coefficient (Wildman–Crippen LogP) is 1.73. The molecule has 94 valence electrons. The molecule has 2 saturated carbocycles. The molecule has 0 unspecified atom stereocenters. The van der Waals surface area contributed by atoms with Crippen molar-refractivity contribution in [1.82, 2.24) is 5.32 Å². The second-order valence-corrected chi connectivity index (χ2v) is 5.40. The Balaban J connectivity index is 1.63. The van der Waals surface area contributed by atoms with Crippen LogP contribution in [-0.2, 0) is 10.2 Å². The number of nitrogens with one attached hydrogen (secondary N) is 1. The summed E-state index contributed by atoms with van der Waals surface area (Å²) in [5.74, 6) is 1.72. The molecule has 0 atom stereocenters. The Morgan fingerprint density at radius 3 is 2.72 bits per heavy atom. The number of carbonyl (C=O) groups is 1. The lowest BCUT2D eigenvalue weighted by atomic mass is 9.94. The van der Waals surface area contributed by atoms with Crippen LogP contribution in [0.25, 0.3) is 0 Å². The lowest BCUT2D eigenvalue weighted by molar-refractivity contribution is -0.123. The van der Waals surface area contributed by atoms with Gasteiger partial charge in [-0.1, -0.05) is 6.07 Å². The summed E-state index contributed by atoms with van der Waals surface area (Å²) >= 11 is 0. The largest absolute Gasteiger partial charge is 0.454 e. The van der Waals surface area contributed by atoms with Gasteiger partial charge in [-0.25, -0.2) is 0 Å². The number of hydrogen-bond donors (Lipinski definition) is 1. The Kier molecular flexibility index (Phi) is 1.93. The van der Waals surface area contributed by atoms with E-state index in [1.807, 2.05) is 18.2 Å². The third kappa shape index (κ3) is 1.48. The summed E-state index contributed by atoms with van der Waals surface area (Å²) in [7, 11) is 0. The van der Waals surface area contributed by atoms with Crippen molar-refractivity contribution in [3.05, 3.63) is 23.8 Å². The first-order chi connectivity index (χ1) is 8.78. The molecule has 0 bridgehead atoms. The minimum absolute atomic E-state index is 0.184. The Hall–Kier alpha value is -1.71. The van der Waals surface area contributed by atoms with Gasteiger partial charge in [0.1, 0.15) is 0 Å². The molecule has 1 aromatic carbocycles. The van der Waals surface area contributed by atoms with Gasteiger partial charge in [-0.2, -0.15) is 0 Å². The van der Waals surface area contributed by atoms with Crippen LogP contribution in [0.4, 0.5) is 0 Å². The molecule has 1 amide bonds. The van der Waals surface area contributed by atoms with Crippen molar-refractivity contribution in [1.29, 1.82) is 0 Å². The van der Waals surface area contributed by atoms with E-state index in [2.05, 4.69) is 5.32 Å². The molecule has 1 aliphatic heterocycles. The van der Waals surface area contributed by atoms with E-state index in [1.165, 1.54) is 0 Å². The topological polar surface area (TPSA) is 47.6 Å². The summed E-state index contributed by atoms with van der Waals surface area (Å²) < 4.78 is 10.7. The lowest BCUT2D eigenvalue weighted by Gasteiger charge is -2.15. The van der Waals surface area contributed by atoms with E-state index in [9.17, 15) is 4.79 Å². The molecule has 1 N–H and O–H groups in total. The van der Waals surface area contributed by atoms with Gasteiger partial charge in [0.25, 0.3) is 0 Å². The smallest absolute Gasteiger partial charge is 0.231 e. The first-order valence-electron chi connectivity index (χ1n) is 6.49. The fourth-order valence-electron chi connectivity index (χ4n) is 2.52. The van der Waals surface area contributed by atoms with Gasteiger partial charge >= 0.3 is 0 Å². The Bertz CT molecular complexity index is 518. The van der Waals surface area contributed by atoms with Crippen LogP contribution in [0.3, 0.4) is 0 Å². The van der Waals surface area contributed by atoms with Crippen LogP contribution in [0.1, 0.15) is 31.2 Å². The van der Waals surface area contributed by atoms with Crippen LogP contribution in [-0.4, -0.2) is 18.7 Å². The highest BCUT2D eigenvalue weighted by Crippen LogP contribution is 2.50. The van der Waals surface area contributed by atoms with Gasteiger partial charge in [0.15, 0.2) is 11.5 Å². The molecule has 0 aromatic heterocycles. The van der Waals surface area contributed by atoms with E-state index in [0.717, 1.165) is 42.7 Å². The maximum absolute atomic E-state index is 12.3. The molecule has 1 heterocycles. The van der Waals surface area contributed by atoms with Crippen LogP contribution in [0.2, 0.25) is 0 Å². The molecule has 1 aromatic rings. The molecular formula is C14H15NO3. The Morgan fingerprint density at radius 1 is 1.22 bits per heavy atom. The van der Waals surface area contributed by atoms with Gasteiger partial charge in [-0.15, -0.1) is 0 Å². The van der Waals surface area contributed by atoms with Crippen molar-refractivity contribution >= 4 is 5.91 Å². The molecular weight excluding hydrogens is 230 g/mol. The monoisotopic (exact) mass is 245 g/mol. The number of hydrogen-bond acceptors (Lipinski definition) is 3. The van der Waals surface area contributed by atoms with Crippen molar-refractivity contribution < 1.29 is 14.3 Å². The van der Waals surface area contributed by atoms with Crippen molar-refractivity contribution in [3.63, 3.8) is 0 Å². The van der Waals surface area contributed by atoms with Crippen molar-refractivity contribution in [3.8, 4) is 11.5 Å². The van der Waals surface area contributed by atoms with Gasteiger partial charge in [0, 0.05) is 6.04 Å². The standard InChI is InChI=1S/C14H15NO3/c16-13(15-10-2-3-10)14(5-6-14)9-1-4-11-12(7-9)18-8-17-11/h1,4,7,10H,2-3,5-6,8H2,(H,15,16). The van der Waals surface area contributed by atoms with E-state index >= 15 is 0 Å². The zero-order chi connectivity index (χ0) is 12.2. The van der Waals surface area contributed by atoms with Crippen molar-refractivity contribution in [2.24, 2.45) is 0 Å². The zero-order valence-electron chi connectivity index (χ0n) is 10.1. The molecule has 0 spiro atoms. The first-order valence-corrected chi connectivity index (χ1v) is 6.49. The summed E-state index contributed by atoms with van der Waals surface area (Å²) in [5.41, 5.74) is 0.758. The van der Waals surface area contributed by atoms with E-state index in [0.29, 0.717) is 6.04 Å². The van der Waals surface area contributed by atoms with E-state index in [-0.39, 0.29) is 18.1 Å². The van der Waals surface area contributed by atoms with Gasteiger partial charge in [0.05, 0.1) is 5.41 Å². The van der Waals surface area contributed by atoms with Crippen LogP contribution >= 0.6 is 0 Å². The SMILES string of the molecule is O=C(NC1CC1)C1(c2ccc3c(c2)OCO3)CC1. The summed E-state index contributed by atoms with van der Waals surface area (Å²) in [5, 5.41) is 3.11. The molecule has 0 saturated heterocycles. The lowest BCUT2D eigenvalue weighted by Crippen LogP contribution is -2.36. The van der Waals surface area contributed by atoms with E-state index in [4.69, 9.17) is 9.47 Å². The molecule has 4 rings (SSSR count). The summed E-state index contributed by atoms with van der Waals surface area (Å²) in [6, 6.07) is 6.28. The van der Waals surface area contributed by atoms with Gasteiger partial charge in [-0.05, 0) is 43.4 Å². The van der Waals surface area contributed by atoms with Crippen LogP contribution < -0.4 is 14.8 Å².